The van der Waals surface area contributed by atoms with E-state index in [2.05, 4.69) is 28.9 Å². The van der Waals surface area contributed by atoms with Crippen LogP contribution in [-0.2, 0) is 21.7 Å². The summed E-state index contributed by atoms with van der Waals surface area (Å²) in [6.07, 6.45) is 0. The molecular weight excluding hydrogens is 240 g/mol. The Kier molecular flexibility index (Phi) is 2.64. The van der Waals surface area contributed by atoms with Crippen molar-refractivity contribution in [3.8, 4) is 0 Å². The van der Waals surface area contributed by atoms with Crippen molar-refractivity contribution in [3.05, 3.63) is 35.5 Å². The van der Waals surface area contributed by atoms with Gasteiger partial charge in [0.25, 0.3) is 5.91 Å². The summed E-state index contributed by atoms with van der Waals surface area (Å²) in [5.74, 6) is -0.0978. The lowest BCUT2D eigenvalue weighted by molar-refractivity contribution is -0.150. The summed E-state index contributed by atoms with van der Waals surface area (Å²) < 4.78 is 8.03. The lowest BCUT2D eigenvalue weighted by atomic mass is 9.95. The summed E-state index contributed by atoms with van der Waals surface area (Å²) in [6, 6.07) is 8.25. The van der Waals surface area contributed by atoms with E-state index in [9.17, 15) is 4.79 Å². The van der Waals surface area contributed by atoms with Gasteiger partial charge in [0.15, 0.2) is 5.60 Å². The van der Waals surface area contributed by atoms with Crippen LogP contribution in [0.5, 0.6) is 0 Å². The Balaban J connectivity index is 2.34. The maximum absolute atomic E-state index is 12.2. The molecule has 0 radical (unpaired) electrons. The third kappa shape index (κ3) is 1.53. The fraction of sp³-hybridized carbons (Fsp3) is 0.400. The molecule has 0 saturated carbocycles. The second-order valence-corrected chi connectivity index (χ2v) is 5.10. The molecule has 1 unspecified atom stereocenters. The molecule has 1 amide bonds. The van der Waals surface area contributed by atoms with E-state index >= 15 is 0 Å². The smallest absolute Gasteiger partial charge is 0.257 e. The molecule has 1 aliphatic heterocycles. The van der Waals surface area contributed by atoms with Crippen molar-refractivity contribution < 1.29 is 9.53 Å². The number of likely N-dealkylation sites (N-methyl/N-ethyl adjacent to an activating group) is 1. The highest BCUT2D eigenvalue weighted by molar-refractivity contribution is 5.92. The van der Waals surface area contributed by atoms with Crippen LogP contribution in [0, 0.1) is 6.92 Å². The van der Waals surface area contributed by atoms with E-state index in [0.717, 1.165) is 17.8 Å². The molecular formula is C15H18N2O2. The largest absolute Gasteiger partial charge is 0.357 e. The van der Waals surface area contributed by atoms with Crippen molar-refractivity contribution in [3.63, 3.8) is 0 Å². The van der Waals surface area contributed by atoms with Gasteiger partial charge in [0, 0.05) is 24.5 Å². The number of rotatable bonds is 1. The van der Waals surface area contributed by atoms with E-state index in [4.69, 9.17) is 4.74 Å². The third-order valence-corrected chi connectivity index (χ3v) is 4.04. The number of nitrogens with one attached hydrogen (secondary N) is 1. The van der Waals surface area contributed by atoms with E-state index in [1.807, 2.05) is 19.1 Å². The Hall–Kier alpha value is -1.81. The predicted octanol–water partition coefficient (Wildman–Crippen LogP) is 1.94. The number of nitrogens with zero attached hydrogens (tertiary/aromatic N) is 1. The number of aromatic nitrogens is 1. The Morgan fingerprint density at radius 2 is 2.16 bits per heavy atom. The predicted molar refractivity (Wildman–Crippen MR) is 74.0 cm³/mol. The zero-order valence-corrected chi connectivity index (χ0v) is 11.5. The minimum atomic E-state index is -0.907. The van der Waals surface area contributed by atoms with Crippen molar-refractivity contribution >= 4 is 16.8 Å². The molecule has 2 heterocycles. The molecule has 2 aromatic rings. The van der Waals surface area contributed by atoms with Gasteiger partial charge in [-0.2, -0.15) is 0 Å². The minimum absolute atomic E-state index is 0.0978. The van der Waals surface area contributed by atoms with Crippen molar-refractivity contribution in [1.82, 2.24) is 9.88 Å². The summed E-state index contributed by atoms with van der Waals surface area (Å²) in [6.45, 7) is 5.25. The van der Waals surface area contributed by atoms with E-state index in [1.54, 1.807) is 7.05 Å². The molecule has 1 aromatic heterocycles. The number of benzene rings is 1. The molecule has 0 aliphatic carbocycles. The van der Waals surface area contributed by atoms with Crippen LogP contribution in [0.1, 0.15) is 18.2 Å². The summed E-state index contributed by atoms with van der Waals surface area (Å²) in [7, 11) is 1.65. The number of para-hydroxylation sites is 1. The lowest BCUT2D eigenvalue weighted by Crippen LogP contribution is -2.47. The quantitative estimate of drug-likeness (QED) is 0.849. The first-order valence-corrected chi connectivity index (χ1v) is 6.54. The first kappa shape index (κ1) is 12.2. The van der Waals surface area contributed by atoms with Crippen molar-refractivity contribution in [1.29, 1.82) is 0 Å². The number of carbonyl (C=O) groups excluding carboxylic acids is 1. The summed E-state index contributed by atoms with van der Waals surface area (Å²) in [5.41, 5.74) is 2.37. The number of hydrogen-bond acceptors (Lipinski definition) is 2. The lowest BCUT2D eigenvalue weighted by Gasteiger charge is -2.34. The van der Waals surface area contributed by atoms with Gasteiger partial charge in [0.2, 0.25) is 0 Å². The molecule has 0 saturated heterocycles. The first-order chi connectivity index (χ1) is 9.09. The van der Waals surface area contributed by atoms with Gasteiger partial charge >= 0.3 is 0 Å². The molecule has 4 heteroatoms. The molecule has 3 rings (SSSR count). The van der Waals surface area contributed by atoms with Gasteiger partial charge in [-0.25, -0.2) is 0 Å². The van der Waals surface area contributed by atoms with E-state index < -0.39 is 5.60 Å². The van der Waals surface area contributed by atoms with Crippen LogP contribution in [0.3, 0.4) is 0 Å². The Labute approximate surface area is 112 Å². The van der Waals surface area contributed by atoms with Gasteiger partial charge in [-0.3, -0.25) is 4.79 Å². The fourth-order valence-electron chi connectivity index (χ4n) is 3.15. The second-order valence-electron chi connectivity index (χ2n) is 5.10. The summed E-state index contributed by atoms with van der Waals surface area (Å²) in [5, 5.41) is 3.90. The molecule has 0 spiro atoms. The van der Waals surface area contributed by atoms with Gasteiger partial charge in [-0.05, 0) is 25.5 Å². The van der Waals surface area contributed by atoms with Crippen LogP contribution in [0.2, 0.25) is 0 Å². The van der Waals surface area contributed by atoms with E-state index in [0.29, 0.717) is 6.61 Å². The van der Waals surface area contributed by atoms with Crippen LogP contribution in [-0.4, -0.2) is 24.1 Å². The molecule has 0 bridgehead atoms. The maximum atomic E-state index is 12.2. The minimum Gasteiger partial charge on any atom is -0.357 e. The summed E-state index contributed by atoms with van der Waals surface area (Å²) in [4.78, 5) is 12.2. The molecule has 1 N–H and O–H groups in total. The topological polar surface area (TPSA) is 43.3 Å². The number of fused-ring (bicyclic) bond motifs is 3. The highest BCUT2D eigenvalue weighted by atomic mass is 16.5. The van der Waals surface area contributed by atoms with Gasteiger partial charge in [0.1, 0.15) is 0 Å². The zero-order valence-electron chi connectivity index (χ0n) is 11.5. The first-order valence-electron chi connectivity index (χ1n) is 6.54. The molecule has 0 fully saturated rings. The number of hydrogen-bond donors (Lipinski definition) is 1. The van der Waals surface area contributed by atoms with Crippen molar-refractivity contribution in [2.24, 2.45) is 0 Å². The van der Waals surface area contributed by atoms with Crippen molar-refractivity contribution in [2.45, 2.75) is 26.0 Å². The molecule has 1 aromatic carbocycles. The van der Waals surface area contributed by atoms with Gasteiger partial charge in [-0.15, -0.1) is 0 Å². The highest BCUT2D eigenvalue weighted by Gasteiger charge is 2.42. The highest BCUT2D eigenvalue weighted by Crippen LogP contribution is 2.37. The molecule has 1 aliphatic rings. The van der Waals surface area contributed by atoms with Crippen LogP contribution in [0.15, 0.2) is 24.3 Å². The number of aryl methyl sites for hydroxylation is 1. The van der Waals surface area contributed by atoms with Gasteiger partial charge in [-0.1, -0.05) is 18.2 Å². The Morgan fingerprint density at radius 3 is 2.89 bits per heavy atom. The zero-order chi connectivity index (χ0) is 13.6. The second kappa shape index (κ2) is 4.10. The fourth-order valence-corrected chi connectivity index (χ4v) is 3.15. The number of amides is 1. The van der Waals surface area contributed by atoms with E-state index in [1.165, 1.54) is 10.9 Å². The maximum Gasteiger partial charge on any atom is 0.257 e. The van der Waals surface area contributed by atoms with Crippen LogP contribution in [0.4, 0.5) is 0 Å². The standard InChI is InChI=1S/C15H18N2O2/c1-10-11-6-4-5-7-12(11)17-8-9-19-15(2,13(10)17)14(18)16-3/h4-7H,8-9H2,1-3H3,(H,16,18). The van der Waals surface area contributed by atoms with Gasteiger partial charge < -0.3 is 14.6 Å². The van der Waals surface area contributed by atoms with Crippen LogP contribution >= 0.6 is 0 Å². The van der Waals surface area contributed by atoms with Crippen LogP contribution in [0.25, 0.3) is 10.9 Å². The van der Waals surface area contributed by atoms with Gasteiger partial charge in [0.05, 0.1) is 12.3 Å². The Morgan fingerprint density at radius 1 is 1.42 bits per heavy atom. The number of ether oxygens (including phenoxy) is 1. The molecule has 100 valence electrons. The van der Waals surface area contributed by atoms with Crippen molar-refractivity contribution in [2.75, 3.05) is 13.7 Å². The average Bonchev–Trinajstić information content (AvgIpc) is 2.73. The Bertz CT molecular complexity index is 659. The summed E-state index contributed by atoms with van der Waals surface area (Å²) >= 11 is 0. The normalized spacial score (nSPS) is 22.3. The monoisotopic (exact) mass is 258 g/mol. The van der Waals surface area contributed by atoms with Crippen LogP contribution < -0.4 is 5.32 Å². The SMILES string of the molecule is CNC(=O)C1(C)OCCn2c1c(C)c1ccccc12. The molecule has 1 atom stereocenters. The molecule has 4 nitrogen and oxygen atoms in total. The number of carbonyl (C=O) groups is 1. The third-order valence-electron chi connectivity index (χ3n) is 4.04. The van der Waals surface area contributed by atoms with E-state index in [-0.39, 0.29) is 5.91 Å². The molecule has 19 heavy (non-hydrogen) atoms. The average molecular weight is 258 g/mol.